The van der Waals surface area contributed by atoms with E-state index in [1.54, 1.807) is 17.0 Å². The molecule has 0 saturated carbocycles. The fraction of sp³-hybridized carbons (Fsp3) is 0.350. The van der Waals surface area contributed by atoms with Crippen LogP contribution in [0.3, 0.4) is 0 Å². The van der Waals surface area contributed by atoms with Crippen LogP contribution < -0.4 is 4.72 Å². The van der Waals surface area contributed by atoms with Gasteiger partial charge in [0.2, 0.25) is 0 Å². The van der Waals surface area contributed by atoms with Crippen molar-refractivity contribution < 1.29 is 13.2 Å². The molecule has 1 saturated heterocycles. The van der Waals surface area contributed by atoms with Crippen LogP contribution in [0.15, 0.2) is 46.2 Å². The standard InChI is InChI=1S/C20H22Cl2N2O3S2/c1-13-7-9-24(10-8-13)20(25)16-12-15(4-6-19(16)28-2)29(26,27)23-18-5-3-14(21)11-17(18)22/h3-6,11-13,23H,7-10H2,1-2H3. The molecule has 156 valence electrons. The number of benzene rings is 2. The number of carbonyl (C=O) groups is 1. The zero-order valence-electron chi connectivity index (χ0n) is 16.1. The molecule has 9 heteroatoms. The van der Waals surface area contributed by atoms with E-state index in [2.05, 4.69) is 11.6 Å². The lowest BCUT2D eigenvalue weighted by Crippen LogP contribution is -2.38. The van der Waals surface area contributed by atoms with Gasteiger partial charge in [0.15, 0.2) is 0 Å². The van der Waals surface area contributed by atoms with Gasteiger partial charge in [0.1, 0.15) is 0 Å². The smallest absolute Gasteiger partial charge is 0.261 e. The number of nitrogens with one attached hydrogen (secondary N) is 1. The van der Waals surface area contributed by atoms with Crippen LogP contribution in [-0.2, 0) is 10.0 Å². The molecule has 0 radical (unpaired) electrons. The van der Waals surface area contributed by atoms with E-state index in [9.17, 15) is 13.2 Å². The second kappa shape index (κ2) is 9.16. The molecule has 1 amide bonds. The zero-order chi connectivity index (χ0) is 21.2. The van der Waals surface area contributed by atoms with Gasteiger partial charge in [-0.2, -0.15) is 0 Å². The maximum atomic E-state index is 13.1. The predicted molar refractivity (Wildman–Crippen MR) is 120 cm³/mol. The summed E-state index contributed by atoms with van der Waals surface area (Å²) in [5.41, 5.74) is 0.625. The van der Waals surface area contributed by atoms with Gasteiger partial charge >= 0.3 is 0 Å². The Bertz CT molecular complexity index is 1020. The van der Waals surface area contributed by atoms with Crippen molar-refractivity contribution in [3.8, 4) is 0 Å². The second-order valence-corrected chi connectivity index (χ2v) is 10.4. The Morgan fingerprint density at radius 1 is 1.14 bits per heavy atom. The van der Waals surface area contributed by atoms with E-state index >= 15 is 0 Å². The number of rotatable bonds is 5. The van der Waals surface area contributed by atoms with Gasteiger partial charge in [-0.25, -0.2) is 8.42 Å². The first kappa shape index (κ1) is 22.3. The highest BCUT2D eigenvalue weighted by atomic mass is 35.5. The number of carbonyl (C=O) groups excluding carboxylic acids is 1. The highest BCUT2D eigenvalue weighted by molar-refractivity contribution is 7.98. The average molecular weight is 473 g/mol. The van der Waals surface area contributed by atoms with E-state index in [0.29, 0.717) is 29.6 Å². The van der Waals surface area contributed by atoms with Crippen LogP contribution in [0, 0.1) is 5.92 Å². The van der Waals surface area contributed by atoms with Gasteiger partial charge in [-0.15, -0.1) is 11.8 Å². The van der Waals surface area contributed by atoms with Gasteiger partial charge in [-0.1, -0.05) is 30.1 Å². The number of nitrogens with zero attached hydrogens (tertiary/aromatic N) is 1. The number of likely N-dealkylation sites (tertiary alicyclic amines) is 1. The van der Waals surface area contributed by atoms with E-state index in [0.717, 1.165) is 17.7 Å². The molecule has 0 bridgehead atoms. The molecule has 1 fully saturated rings. The predicted octanol–water partition coefficient (Wildman–Crippen LogP) is 5.39. The first-order valence-electron chi connectivity index (χ1n) is 9.16. The molecular formula is C20H22Cl2N2O3S2. The summed E-state index contributed by atoms with van der Waals surface area (Å²) in [5, 5.41) is 0.603. The van der Waals surface area contributed by atoms with Crippen molar-refractivity contribution in [3.05, 3.63) is 52.0 Å². The fourth-order valence-electron chi connectivity index (χ4n) is 3.18. The van der Waals surface area contributed by atoms with Crippen molar-refractivity contribution >= 4 is 56.6 Å². The molecule has 5 nitrogen and oxygen atoms in total. The van der Waals surface area contributed by atoms with Gasteiger partial charge in [0, 0.05) is 23.0 Å². The van der Waals surface area contributed by atoms with Crippen LogP contribution in [-0.4, -0.2) is 38.6 Å². The summed E-state index contributed by atoms with van der Waals surface area (Å²) in [6, 6.07) is 9.12. The monoisotopic (exact) mass is 472 g/mol. The molecular weight excluding hydrogens is 451 g/mol. The van der Waals surface area contributed by atoms with Crippen LogP contribution in [0.4, 0.5) is 5.69 Å². The van der Waals surface area contributed by atoms with Crippen molar-refractivity contribution in [2.75, 3.05) is 24.1 Å². The third-order valence-electron chi connectivity index (χ3n) is 4.96. The first-order chi connectivity index (χ1) is 13.7. The van der Waals surface area contributed by atoms with Gasteiger partial charge in [-0.05, 0) is 61.4 Å². The minimum atomic E-state index is -3.93. The summed E-state index contributed by atoms with van der Waals surface area (Å²) >= 11 is 13.4. The quantitative estimate of drug-likeness (QED) is 0.592. The van der Waals surface area contributed by atoms with Crippen LogP contribution in [0.5, 0.6) is 0 Å². The third-order valence-corrected chi connectivity index (χ3v) is 7.66. The topological polar surface area (TPSA) is 66.5 Å². The number of amides is 1. The molecule has 29 heavy (non-hydrogen) atoms. The molecule has 3 rings (SSSR count). The van der Waals surface area contributed by atoms with Crippen LogP contribution in [0.25, 0.3) is 0 Å². The van der Waals surface area contributed by atoms with E-state index < -0.39 is 10.0 Å². The third kappa shape index (κ3) is 5.20. The summed E-state index contributed by atoms with van der Waals surface area (Å²) in [7, 11) is -3.93. The van der Waals surface area contributed by atoms with Crippen molar-refractivity contribution in [1.82, 2.24) is 4.90 Å². The van der Waals surface area contributed by atoms with Crippen molar-refractivity contribution in [3.63, 3.8) is 0 Å². The van der Waals surface area contributed by atoms with E-state index in [1.165, 1.54) is 36.0 Å². The molecule has 1 aliphatic rings. The maximum absolute atomic E-state index is 13.1. The Hall–Kier alpha value is -1.41. The SMILES string of the molecule is CSc1ccc(S(=O)(=O)Nc2ccc(Cl)cc2Cl)cc1C(=O)N1CCC(C)CC1. The lowest BCUT2D eigenvalue weighted by Gasteiger charge is -2.30. The molecule has 0 aliphatic carbocycles. The van der Waals surface area contributed by atoms with Crippen LogP contribution >= 0.6 is 35.0 Å². The molecule has 2 aromatic carbocycles. The summed E-state index contributed by atoms with van der Waals surface area (Å²) in [5.74, 6) is 0.460. The molecule has 1 heterocycles. The maximum Gasteiger partial charge on any atom is 0.261 e. The van der Waals surface area contributed by atoms with Gasteiger partial charge < -0.3 is 4.90 Å². The van der Waals surface area contributed by atoms with E-state index in [4.69, 9.17) is 23.2 Å². The number of anilines is 1. The minimum absolute atomic E-state index is 0.00930. The largest absolute Gasteiger partial charge is 0.339 e. The summed E-state index contributed by atoms with van der Waals surface area (Å²) in [6.07, 6.45) is 3.77. The van der Waals surface area contributed by atoms with Crippen LogP contribution in [0.2, 0.25) is 10.0 Å². The highest BCUT2D eigenvalue weighted by Crippen LogP contribution is 2.30. The Morgan fingerprint density at radius 2 is 1.83 bits per heavy atom. The molecule has 1 N–H and O–H groups in total. The average Bonchev–Trinajstić information content (AvgIpc) is 2.69. The normalized spacial score (nSPS) is 15.4. The lowest BCUT2D eigenvalue weighted by atomic mass is 9.98. The van der Waals surface area contributed by atoms with E-state index in [1.807, 2.05) is 6.26 Å². The van der Waals surface area contributed by atoms with Crippen molar-refractivity contribution in [2.24, 2.45) is 5.92 Å². The number of piperidine rings is 1. The molecule has 1 aliphatic heterocycles. The Balaban J connectivity index is 1.91. The molecule has 0 aromatic heterocycles. The second-order valence-electron chi connectivity index (χ2n) is 7.07. The summed E-state index contributed by atoms with van der Waals surface area (Å²) in [4.78, 5) is 15.6. The minimum Gasteiger partial charge on any atom is -0.339 e. The van der Waals surface area contributed by atoms with Gasteiger partial charge in [-0.3, -0.25) is 9.52 Å². The zero-order valence-corrected chi connectivity index (χ0v) is 19.3. The molecule has 0 spiro atoms. The summed E-state index contributed by atoms with van der Waals surface area (Å²) in [6.45, 7) is 3.54. The Labute approximate surface area is 185 Å². The Kier molecular flexibility index (Phi) is 7.04. The lowest BCUT2D eigenvalue weighted by molar-refractivity contribution is 0.0693. The summed E-state index contributed by atoms with van der Waals surface area (Å²) < 4.78 is 28.3. The van der Waals surface area contributed by atoms with Crippen molar-refractivity contribution in [1.29, 1.82) is 0 Å². The number of sulfonamides is 1. The first-order valence-corrected chi connectivity index (χ1v) is 12.6. The van der Waals surface area contributed by atoms with Crippen molar-refractivity contribution in [2.45, 2.75) is 29.6 Å². The molecule has 0 unspecified atom stereocenters. The molecule has 0 atom stereocenters. The number of halogens is 2. The highest BCUT2D eigenvalue weighted by Gasteiger charge is 2.25. The van der Waals surface area contributed by atoms with Gasteiger partial charge in [0.25, 0.3) is 15.9 Å². The van der Waals surface area contributed by atoms with Gasteiger partial charge in [0.05, 0.1) is 21.2 Å². The number of thioether (sulfide) groups is 1. The van der Waals surface area contributed by atoms with Crippen LogP contribution in [0.1, 0.15) is 30.1 Å². The number of hydrogen-bond acceptors (Lipinski definition) is 4. The molecule has 2 aromatic rings. The number of hydrogen-bond donors (Lipinski definition) is 1. The van der Waals surface area contributed by atoms with E-state index in [-0.39, 0.29) is 21.5 Å². The Morgan fingerprint density at radius 3 is 2.45 bits per heavy atom. The fourth-order valence-corrected chi connectivity index (χ4v) is 5.37.